The molecule has 0 radical (unpaired) electrons. The van der Waals surface area contributed by atoms with Crippen molar-refractivity contribution in [2.45, 2.75) is 32.1 Å². The zero-order valence-corrected chi connectivity index (χ0v) is 17.6. The van der Waals surface area contributed by atoms with Gasteiger partial charge in [-0.1, -0.05) is 15.9 Å². The summed E-state index contributed by atoms with van der Waals surface area (Å²) in [5, 5.41) is 3.10. The van der Waals surface area contributed by atoms with Crippen molar-refractivity contribution in [3.8, 4) is 0 Å². The summed E-state index contributed by atoms with van der Waals surface area (Å²) < 4.78 is 1.02. The summed E-state index contributed by atoms with van der Waals surface area (Å²) >= 11 is 5.15. The van der Waals surface area contributed by atoms with E-state index in [-0.39, 0.29) is 17.7 Å². The van der Waals surface area contributed by atoms with E-state index in [1.807, 2.05) is 41.6 Å². The molecule has 2 unspecified atom stereocenters. The lowest BCUT2D eigenvalue weighted by atomic mass is 9.96. The molecule has 2 aliphatic heterocycles. The minimum Gasteiger partial charge on any atom is -0.342 e. The summed E-state index contributed by atoms with van der Waals surface area (Å²) in [6, 6.07) is 5.88. The summed E-state index contributed by atoms with van der Waals surface area (Å²) in [5.41, 5.74) is 1.95. The van der Waals surface area contributed by atoms with Crippen molar-refractivity contribution in [3.05, 3.63) is 44.8 Å². The van der Waals surface area contributed by atoms with Gasteiger partial charge in [0.25, 0.3) is 0 Å². The van der Waals surface area contributed by atoms with Crippen LogP contribution in [0, 0.1) is 12.8 Å². The Hall–Kier alpha value is -1.73. The predicted octanol–water partition coefficient (Wildman–Crippen LogP) is 3.97. The van der Waals surface area contributed by atoms with Crippen molar-refractivity contribution in [2.24, 2.45) is 5.92 Å². The number of hydrogen-bond donors (Lipinski definition) is 0. The molecule has 2 aliphatic rings. The van der Waals surface area contributed by atoms with Gasteiger partial charge in [-0.2, -0.15) is 0 Å². The van der Waals surface area contributed by atoms with Crippen LogP contribution in [0.1, 0.15) is 35.8 Å². The number of rotatable bonds is 3. The third kappa shape index (κ3) is 3.80. The molecule has 2 amide bonds. The van der Waals surface area contributed by atoms with Crippen molar-refractivity contribution < 1.29 is 9.59 Å². The Bertz CT molecular complexity index is 855. The van der Waals surface area contributed by atoms with Gasteiger partial charge in [0, 0.05) is 53.7 Å². The summed E-state index contributed by atoms with van der Waals surface area (Å²) in [7, 11) is 0. The highest BCUT2D eigenvalue weighted by Gasteiger charge is 2.38. The third-order valence-corrected chi connectivity index (χ3v) is 7.29. The van der Waals surface area contributed by atoms with Gasteiger partial charge in [0.1, 0.15) is 0 Å². The van der Waals surface area contributed by atoms with Crippen LogP contribution in [0.4, 0.5) is 5.69 Å². The second-order valence-corrected chi connectivity index (χ2v) is 9.11. The molecule has 1 aromatic heterocycles. The van der Waals surface area contributed by atoms with Crippen LogP contribution in [-0.4, -0.2) is 41.3 Å². The van der Waals surface area contributed by atoms with E-state index in [0.29, 0.717) is 25.4 Å². The van der Waals surface area contributed by atoms with E-state index >= 15 is 0 Å². The fourth-order valence-electron chi connectivity index (χ4n) is 3.99. The van der Waals surface area contributed by atoms with E-state index in [0.717, 1.165) is 40.1 Å². The quantitative estimate of drug-likeness (QED) is 0.714. The Labute approximate surface area is 171 Å². The molecule has 0 spiro atoms. The maximum Gasteiger partial charge on any atom is 0.228 e. The van der Waals surface area contributed by atoms with Crippen LogP contribution in [0.3, 0.4) is 0 Å². The Morgan fingerprint density at radius 1 is 1.33 bits per heavy atom. The van der Waals surface area contributed by atoms with Gasteiger partial charge in [-0.25, -0.2) is 4.98 Å². The fraction of sp³-hybridized carbons (Fsp3) is 0.450. The molecule has 2 fully saturated rings. The average molecular weight is 448 g/mol. The average Bonchev–Trinajstić information content (AvgIpc) is 3.33. The number of amides is 2. The molecule has 2 atom stereocenters. The molecule has 142 valence electrons. The van der Waals surface area contributed by atoms with Crippen LogP contribution in [0.25, 0.3) is 0 Å². The largest absolute Gasteiger partial charge is 0.342 e. The zero-order chi connectivity index (χ0) is 19.0. The van der Waals surface area contributed by atoms with Gasteiger partial charge in [0.2, 0.25) is 11.8 Å². The van der Waals surface area contributed by atoms with Gasteiger partial charge >= 0.3 is 0 Å². The third-order valence-electron chi connectivity index (χ3n) is 5.46. The van der Waals surface area contributed by atoms with Crippen molar-refractivity contribution in [2.75, 3.05) is 24.5 Å². The van der Waals surface area contributed by atoms with Crippen LogP contribution in [0.5, 0.6) is 0 Å². The molecule has 0 aliphatic carbocycles. The van der Waals surface area contributed by atoms with Crippen molar-refractivity contribution in [3.63, 3.8) is 0 Å². The first-order valence-electron chi connectivity index (χ1n) is 9.27. The minimum absolute atomic E-state index is 0.0311. The Balaban J connectivity index is 1.45. The monoisotopic (exact) mass is 447 g/mol. The molecular formula is C20H22BrN3O2S. The SMILES string of the molecule is Cc1cc(N2CC(C(=O)N3CCCC(c4nccs4)C3)CC2=O)ccc1Br. The number of aryl methyl sites for hydroxylation is 1. The van der Waals surface area contributed by atoms with Gasteiger partial charge in [-0.3, -0.25) is 9.59 Å². The number of thiazole rings is 1. The van der Waals surface area contributed by atoms with E-state index in [4.69, 9.17) is 0 Å². The van der Waals surface area contributed by atoms with Crippen molar-refractivity contribution in [1.29, 1.82) is 0 Å². The molecule has 1 aromatic carbocycles. The molecule has 0 bridgehead atoms. The highest BCUT2D eigenvalue weighted by Crippen LogP contribution is 2.32. The number of anilines is 1. The van der Waals surface area contributed by atoms with Crippen LogP contribution in [-0.2, 0) is 9.59 Å². The number of likely N-dealkylation sites (tertiary alicyclic amines) is 1. The Morgan fingerprint density at radius 2 is 2.19 bits per heavy atom. The number of carbonyl (C=O) groups excluding carboxylic acids is 2. The first-order chi connectivity index (χ1) is 13.0. The summed E-state index contributed by atoms with van der Waals surface area (Å²) in [6.07, 6.45) is 4.19. The van der Waals surface area contributed by atoms with Crippen LogP contribution < -0.4 is 4.90 Å². The van der Waals surface area contributed by atoms with Crippen LogP contribution >= 0.6 is 27.3 Å². The number of aromatic nitrogens is 1. The second kappa shape index (κ2) is 7.72. The van der Waals surface area contributed by atoms with E-state index in [2.05, 4.69) is 20.9 Å². The Kier molecular flexibility index (Phi) is 5.32. The summed E-state index contributed by atoms with van der Waals surface area (Å²) in [4.78, 5) is 33.8. The summed E-state index contributed by atoms with van der Waals surface area (Å²) in [6.45, 7) is 3.97. The highest BCUT2D eigenvalue weighted by atomic mass is 79.9. The molecule has 2 aromatic rings. The molecule has 4 rings (SSSR count). The standard InChI is InChI=1S/C20H22BrN3O2S/c1-13-9-16(4-5-17(13)21)24-12-15(10-18(24)25)20(26)23-7-2-3-14(11-23)19-22-6-8-27-19/h4-6,8-9,14-15H,2-3,7,10-12H2,1H3. The van der Waals surface area contributed by atoms with Crippen LogP contribution in [0.15, 0.2) is 34.2 Å². The van der Waals surface area contributed by atoms with E-state index < -0.39 is 0 Å². The van der Waals surface area contributed by atoms with Gasteiger partial charge < -0.3 is 9.80 Å². The number of piperidine rings is 1. The Morgan fingerprint density at radius 3 is 2.93 bits per heavy atom. The number of nitrogens with zero attached hydrogens (tertiary/aromatic N) is 3. The maximum absolute atomic E-state index is 13.1. The molecule has 0 saturated carbocycles. The van der Waals surface area contributed by atoms with Crippen molar-refractivity contribution in [1.82, 2.24) is 9.88 Å². The maximum atomic E-state index is 13.1. The first-order valence-corrected chi connectivity index (χ1v) is 10.9. The molecule has 5 nitrogen and oxygen atoms in total. The molecule has 0 N–H and O–H groups in total. The van der Waals surface area contributed by atoms with E-state index in [9.17, 15) is 9.59 Å². The predicted molar refractivity (Wildman–Crippen MR) is 110 cm³/mol. The summed E-state index contributed by atoms with van der Waals surface area (Å²) in [5.74, 6) is 0.214. The first kappa shape index (κ1) is 18.6. The molecule has 27 heavy (non-hydrogen) atoms. The van der Waals surface area contributed by atoms with Crippen molar-refractivity contribution >= 4 is 44.8 Å². The normalized spacial score (nSPS) is 23.1. The van der Waals surface area contributed by atoms with Gasteiger partial charge in [-0.15, -0.1) is 11.3 Å². The van der Waals surface area contributed by atoms with E-state index in [1.165, 1.54) is 0 Å². The van der Waals surface area contributed by atoms with Gasteiger partial charge in [0.05, 0.1) is 10.9 Å². The minimum atomic E-state index is -0.253. The number of benzene rings is 1. The van der Waals surface area contributed by atoms with Gasteiger partial charge in [-0.05, 0) is 43.5 Å². The second-order valence-electron chi connectivity index (χ2n) is 7.33. The molecule has 3 heterocycles. The lowest BCUT2D eigenvalue weighted by Crippen LogP contribution is -2.43. The number of halogens is 1. The fourth-order valence-corrected chi connectivity index (χ4v) is 5.01. The lowest BCUT2D eigenvalue weighted by Gasteiger charge is -2.33. The zero-order valence-electron chi connectivity index (χ0n) is 15.2. The van der Waals surface area contributed by atoms with Crippen LogP contribution in [0.2, 0.25) is 0 Å². The smallest absolute Gasteiger partial charge is 0.228 e. The lowest BCUT2D eigenvalue weighted by molar-refractivity contribution is -0.137. The van der Waals surface area contributed by atoms with Gasteiger partial charge in [0.15, 0.2) is 0 Å². The van der Waals surface area contributed by atoms with E-state index in [1.54, 1.807) is 16.2 Å². The topological polar surface area (TPSA) is 53.5 Å². The molecule has 2 saturated heterocycles. The molecule has 7 heteroatoms. The number of hydrogen-bond acceptors (Lipinski definition) is 4. The number of carbonyl (C=O) groups is 2. The highest BCUT2D eigenvalue weighted by molar-refractivity contribution is 9.10. The molecular weight excluding hydrogens is 426 g/mol.